The number of rotatable bonds is 2. The Hall–Kier alpha value is -1.43. The molecule has 1 saturated carbocycles. The Balaban J connectivity index is 1.46. The highest BCUT2D eigenvalue weighted by molar-refractivity contribution is 6.06. The fourth-order valence-electron chi connectivity index (χ4n) is 5.02. The average molecular weight is 356 g/mol. The molecule has 0 bridgehead atoms. The summed E-state index contributed by atoms with van der Waals surface area (Å²) < 4.78 is 12.8. The smallest absolute Gasteiger partial charge is 0.293 e. The van der Waals surface area contributed by atoms with Crippen LogP contribution in [0.25, 0.3) is 0 Å². The molecule has 5 rings (SSSR count). The quantitative estimate of drug-likeness (QED) is 0.815. The largest absolute Gasteiger partial charge is 0.332 e. The van der Waals surface area contributed by atoms with Crippen LogP contribution in [0.2, 0.25) is 0 Å². The third kappa shape index (κ3) is 2.60. The molecule has 0 aromatic heterocycles. The molecule has 2 saturated heterocycles. The lowest BCUT2D eigenvalue weighted by molar-refractivity contribution is -0.191. The second-order valence-corrected chi connectivity index (χ2v) is 8.14. The zero-order valence-electron chi connectivity index (χ0n) is 15.4. The van der Waals surface area contributed by atoms with E-state index in [1.54, 1.807) is 0 Å². The van der Waals surface area contributed by atoms with Gasteiger partial charge in [-0.1, -0.05) is 43.9 Å². The van der Waals surface area contributed by atoms with Gasteiger partial charge in [-0.15, -0.1) is 0 Å². The lowest BCUT2D eigenvalue weighted by Crippen LogP contribution is -2.47. The summed E-state index contributed by atoms with van der Waals surface area (Å²) in [7, 11) is 0. The van der Waals surface area contributed by atoms with Crippen molar-refractivity contribution >= 4 is 11.6 Å². The van der Waals surface area contributed by atoms with Gasteiger partial charge in [-0.25, -0.2) is 0 Å². The predicted molar refractivity (Wildman–Crippen MR) is 98.7 cm³/mol. The minimum atomic E-state index is -1.21. The Morgan fingerprint density at radius 3 is 2.31 bits per heavy atom. The highest BCUT2D eigenvalue weighted by atomic mass is 16.8. The van der Waals surface area contributed by atoms with E-state index in [9.17, 15) is 4.79 Å². The summed E-state index contributed by atoms with van der Waals surface area (Å²) in [5.41, 5.74) is 1.86. The van der Waals surface area contributed by atoms with Crippen LogP contribution in [0.5, 0.6) is 0 Å². The van der Waals surface area contributed by atoms with Crippen LogP contribution >= 0.6 is 0 Å². The fourth-order valence-corrected chi connectivity index (χ4v) is 5.02. The first-order valence-corrected chi connectivity index (χ1v) is 10.3. The maximum absolute atomic E-state index is 13.5. The number of fused-ring (bicyclic) bond motifs is 3. The van der Waals surface area contributed by atoms with Crippen molar-refractivity contribution in [2.45, 2.75) is 69.4 Å². The van der Waals surface area contributed by atoms with E-state index in [0.717, 1.165) is 50.0 Å². The molecule has 1 aliphatic carbocycles. The predicted octanol–water partition coefficient (Wildman–Crippen LogP) is 3.38. The van der Waals surface area contributed by atoms with Gasteiger partial charge < -0.3 is 9.47 Å². The lowest BCUT2D eigenvalue weighted by atomic mass is 10.1. The van der Waals surface area contributed by atoms with E-state index in [1.807, 2.05) is 29.2 Å². The van der Waals surface area contributed by atoms with Crippen LogP contribution in [0.3, 0.4) is 0 Å². The summed E-state index contributed by atoms with van der Waals surface area (Å²) in [5.74, 6) is -1.24. The Morgan fingerprint density at radius 2 is 1.58 bits per heavy atom. The van der Waals surface area contributed by atoms with E-state index in [4.69, 9.17) is 9.47 Å². The van der Waals surface area contributed by atoms with E-state index < -0.39 is 5.79 Å². The number of hydrogen-bond donors (Lipinski definition) is 0. The molecule has 1 aromatic rings. The zero-order valence-corrected chi connectivity index (χ0v) is 15.4. The average Bonchev–Trinajstić information content (AvgIpc) is 3.05. The molecule has 1 spiro atoms. The number of nitrogens with zero attached hydrogens (tertiary/aromatic N) is 2. The van der Waals surface area contributed by atoms with Crippen LogP contribution in [0, 0.1) is 0 Å². The number of carbonyl (C=O) groups is 1. The van der Waals surface area contributed by atoms with E-state index in [-0.39, 0.29) is 18.1 Å². The van der Waals surface area contributed by atoms with Gasteiger partial charge in [-0.2, -0.15) is 0 Å². The van der Waals surface area contributed by atoms with Crippen molar-refractivity contribution in [1.82, 2.24) is 4.90 Å². The van der Waals surface area contributed by atoms with Crippen molar-refractivity contribution in [3.8, 4) is 0 Å². The SMILES string of the molecule is O=C1N(CN2CCCCC2)c2ccccc2C12OC1CCCCCC1O2. The minimum Gasteiger partial charge on any atom is -0.332 e. The molecule has 1 aromatic carbocycles. The van der Waals surface area contributed by atoms with E-state index in [0.29, 0.717) is 6.67 Å². The monoisotopic (exact) mass is 356 g/mol. The second-order valence-electron chi connectivity index (χ2n) is 8.14. The summed E-state index contributed by atoms with van der Waals surface area (Å²) in [6.07, 6.45) is 9.36. The topological polar surface area (TPSA) is 42.0 Å². The van der Waals surface area contributed by atoms with Gasteiger partial charge in [0.2, 0.25) is 0 Å². The maximum atomic E-state index is 13.5. The molecule has 140 valence electrons. The third-order valence-corrected chi connectivity index (χ3v) is 6.39. The number of likely N-dealkylation sites (tertiary alicyclic amines) is 1. The molecule has 26 heavy (non-hydrogen) atoms. The number of ether oxygens (including phenoxy) is 2. The molecule has 1 amide bonds. The Kier molecular flexibility index (Phi) is 4.26. The number of benzene rings is 1. The Bertz CT molecular complexity index is 672. The normalized spacial score (nSPS) is 34.8. The van der Waals surface area contributed by atoms with E-state index >= 15 is 0 Å². The molecule has 2 atom stereocenters. The standard InChI is InChI=1S/C21H28N2O3/c24-20-21(25-18-11-3-1-4-12-19(18)26-21)16-9-5-6-10-17(16)23(20)15-22-13-7-2-8-14-22/h5-6,9-10,18-19H,1-4,7-8,11-15H2. The summed E-state index contributed by atoms with van der Waals surface area (Å²) in [4.78, 5) is 17.8. The Labute approximate surface area is 155 Å². The minimum absolute atomic E-state index is 0.0302. The van der Waals surface area contributed by atoms with Crippen molar-refractivity contribution in [1.29, 1.82) is 0 Å². The van der Waals surface area contributed by atoms with Gasteiger partial charge in [-0.05, 0) is 44.8 Å². The maximum Gasteiger partial charge on any atom is 0.293 e. The van der Waals surface area contributed by atoms with Crippen LogP contribution in [0.15, 0.2) is 24.3 Å². The molecule has 2 unspecified atom stereocenters. The molecule has 3 fully saturated rings. The fraction of sp³-hybridized carbons (Fsp3) is 0.667. The van der Waals surface area contributed by atoms with Gasteiger partial charge in [0, 0.05) is 5.56 Å². The van der Waals surface area contributed by atoms with Crippen LogP contribution in [-0.2, 0) is 20.1 Å². The van der Waals surface area contributed by atoms with Crippen molar-refractivity contribution in [2.75, 3.05) is 24.7 Å². The molecule has 4 aliphatic rings. The molecule has 3 heterocycles. The number of para-hydroxylation sites is 1. The van der Waals surface area contributed by atoms with Crippen LogP contribution in [0.4, 0.5) is 5.69 Å². The first-order chi connectivity index (χ1) is 12.8. The van der Waals surface area contributed by atoms with Crippen LogP contribution < -0.4 is 4.90 Å². The number of amides is 1. The lowest BCUT2D eigenvalue weighted by Gasteiger charge is -2.31. The zero-order chi connectivity index (χ0) is 17.6. The van der Waals surface area contributed by atoms with Crippen LogP contribution in [-0.4, -0.2) is 42.8 Å². The van der Waals surface area contributed by atoms with Gasteiger partial charge in [0.25, 0.3) is 11.7 Å². The summed E-state index contributed by atoms with van der Waals surface area (Å²) in [5, 5.41) is 0. The van der Waals surface area contributed by atoms with Crippen LogP contribution in [0.1, 0.15) is 56.9 Å². The van der Waals surface area contributed by atoms with Gasteiger partial charge in [0.1, 0.15) is 0 Å². The second kappa shape index (κ2) is 6.63. The molecule has 0 radical (unpaired) electrons. The number of carbonyl (C=O) groups excluding carboxylic acids is 1. The van der Waals surface area contributed by atoms with Crippen molar-refractivity contribution < 1.29 is 14.3 Å². The third-order valence-electron chi connectivity index (χ3n) is 6.39. The van der Waals surface area contributed by atoms with Gasteiger partial charge in [-0.3, -0.25) is 14.6 Å². The molecule has 5 nitrogen and oxygen atoms in total. The molecule has 5 heteroatoms. The van der Waals surface area contributed by atoms with Gasteiger partial charge >= 0.3 is 0 Å². The highest BCUT2D eigenvalue weighted by Gasteiger charge is 2.60. The number of anilines is 1. The number of piperidine rings is 1. The van der Waals surface area contributed by atoms with E-state index in [2.05, 4.69) is 4.90 Å². The molecular formula is C21H28N2O3. The summed E-state index contributed by atoms with van der Waals surface area (Å²) in [6, 6.07) is 8.03. The highest BCUT2D eigenvalue weighted by Crippen LogP contribution is 2.50. The van der Waals surface area contributed by atoms with Gasteiger partial charge in [0.15, 0.2) is 0 Å². The van der Waals surface area contributed by atoms with Gasteiger partial charge in [0.05, 0.1) is 24.6 Å². The molecule has 3 aliphatic heterocycles. The van der Waals surface area contributed by atoms with E-state index in [1.165, 1.54) is 25.7 Å². The van der Waals surface area contributed by atoms with Crippen molar-refractivity contribution in [3.05, 3.63) is 29.8 Å². The van der Waals surface area contributed by atoms with Crippen molar-refractivity contribution in [3.63, 3.8) is 0 Å². The summed E-state index contributed by atoms with van der Waals surface area (Å²) >= 11 is 0. The Morgan fingerprint density at radius 1 is 0.923 bits per heavy atom. The molecular weight excluding hydrogens is 328 g/mol. The first-order valence-electron chi connectivity index (χ1n) is 10.3. The number of hydrogen-bond acceptors (Lipinski definition) is 4. The first kappa shape index (κ1) is 16.7. The molecule has 0 N–H and O–H groups in total. The summed E-state index contributed by atoms with van der Waals surface area (Å²) in [6.45, 7) is 2.76. The van der Waals surface area contributed by atoms with Crippen molar-refractivity contribution in [2.24, 2.45) is 0 Å².